The van der Waals surface area contributed by atoms with Gasteiger partial charge in [0.25, 0.3) is 0 Å². The van der Waals surface area contributed by atoms with Crippen LogP contribution in [0.25, 0.3) is 0 Å². The molecule has 2 aliphatic rings. The van der Waals surface area contributed by atoms with Crippen molar-refractivity contribution in [2.45, 2.75) is 6.10 Å². The van der Waals surface area contributed by atoms with E-state index in [1.165, 1.54) is 0 Å². The molecule has 2 heterocycles. The number of fused-ring (bicyclic) bond motifs is 1. The zero-order valence-corrected chi connectivity index (χ0v) is 9.42. The van der Waals surface area contributed by atoms with Crippen LogP contribution >= 0.6 is 11.6 Å². The third-order valence-corrected chi connectivity index (χ3v) is 3.09. The maximum Gasteiger partial charge on any atom is 0.231 e. The molecule has 0 aliphatic carbocycles. The van der Waals surface area contributed by atoms with Crippen molar-refractivity contribution in [2.24, 2.45) is 0 Å². The van der Waals surface area contributed by atoms with Gasteiger partial charge in [-0.2, -0.15) is 0 Å². The molecule has 0 amide bonds. The molecule has 16 heavy (non-hydrogen) atoms. The molecule has 0 radical (unpaired) electrons. The molecule has 2 aliphatic heterocycles. The van der Waals surface area contributed by atoms with Crippen molar-refractivity contribution in [1.82, 2.24) is 5.32 Å². The van der Waals surface area contributed by atoms with Gasteiger partial charge in [-0.15, -0.1) is 0 Å². The van der Waals surface area contributed by atoms with Gasteiger partial charge in [0, 0.05) is 24.7 Å². The third kappa shape index (κ3) is 1.73. The lowest BCUT2D eigenvalue weighted by atomic mass is 10.1. The summed E-state index contributed by atoms with van der Waals surface area (Å²) in [5.41, 5.74) is 0.957. The first-order valence-corrected chi connectivity index (χ1v) is 5.64. The minimum atomic E-state index is -0.00394. The maximum atomic E-state index is 6.20. The molecule has 0 bridgehead atoms. The van der Waals surface area contributed by atoms with Gasteiger partial charge in [-0.3, -0.25) is 0 Å². The van der Waals surface area contributed by atoms with Crippen LogP contribution in [0.5, 0.6) is 11.5 Å². The van der Waals surface area contributed by atoms with Gasteiger partial charge < -0.3 is 19.5 Å². The minimum absolute atomic E-state index is 0.00394. The van der Waals surface area contributed by atoms with Crippen LogP contribution in [0.1, 0.15) is 11.7 Å². The number of rotatable bonds is 1. The first-order valence-electron chi connectivity index (χ1n) is 5.26. The van der Waals surface area contributed by atoms with Gasteiger partial charge >= 0.3 is 0 Å². The molecule has 4 nitrogen and oxygen atoms in total. The Balaban J connectivity index is 1.94. The lowest BCUT2D eigenvalue weighted by molar-refractivity contribution is 0.0276. The number of benzene rings is 1. The summed E-state index contributed by atoms with van der Waals surface area (Å²) < 4.78 is 16.2. The van der Waals surface area contributed by atoms with Crippen LogP contribution in [0.3, 0.4) is 0 Å². The summed E-state index contributed by atoms with van der Waals surface area (Å²) in [6, 6.07) is 3.69. The predicted molar refractivity (Wildman–Crippen MR) is 59.1 cm³/mol. The summed E-state index contributed by atoms with van der Waals surface area (Å²) >= 11 is 6.20. The number of hydrogen-bond acceptors (Lipinski definition) is 4. The van der Waals surface area contributed by atoms with E-state index in [-0.39, 0.29) is 12.9 Å². The summed E-state index contributed by atoms with van der Waals surface area (Å²) in [6.45, 7) is 2.63. The van der Waals surface area contributed by atoms with Crippen LogP contribution in [0.15, 0.2) is 12.1 Å². The van der Waals surface area contributed by atoms with Crippen LogP contribution in [-0.2, 0) is 4.74 Å². The Labute approximate surface area is 98.4 Å². The first kappa shape index (κ1) is 10.2. The number of hydrogen-bond donors (Lipinski definition) is 1. The Hall–Kier alpha value is -0.970. The van der Waals surface area contributed by atoms with Gasteiger partial charge in [0.05, 0.1) is 17.7 Å². The van der Waals surface area contributed by atoms with Crippen molar-refractivity contribution in [3.63, 3.8) is 0 Å². The average Bonchev–Trinajstić information content (AvgIpc) is 2.76. The van der Waals surface area contributed by atoms with Crippen LogP contribution < -0.4 is 14.8 Å². The second kappa shape index (κ2) is 4.13. The van der Waals surface area contributed by atoms with E-state index in [2.05, 4.69) is 5.32 Å². The standard InChI is InChI=1S/C11H12ClNO3/c12-8-4-10-9(15-6-16-10)3-7(8)11-5-13-1-2-14-11/h3-4,11,13H,1-2,5-6H2. The van der Waals surface area contributed by atoms with Crippen molar-refractivity contribution in [1.29, 1.82) is 0 Å². The van der Waals surface area contributed by atoms with E-state index in [1.807, 2.05) is 6.07 Å². The Morgan fingerprint density at radius 3 is 2.81 bits per heavy atom. The minimum Gasteiger partial charge on any atom is -0.454 e. The summed E-state index contributed by atoms with van der Waals surface area (Å²) in [4.78, 5) is 0. The lowest BCUT2D eigenvalue weighted by Gasteiger charge is -2.24. The van der Waals surface area contributed by atoms with E-state index < -0.39 is 0 Å². The van der Waals surface area contributed by atoms with Crippen molar-refractivity contribution in [2.75, 3.05) is 26.5 Å². The van der Waals surface area contributed by atoms with Crippen LogP contribution in [0.2, 0.25) is 5.02 Å². The van der Waals surface area contributed by atoms with Crippen LogP contribution in [0, 0.1) is 0 Å². The monoisotopic (exact) mass is 241 g/mol. The Bertz CT molecular complexity index is 404. The third-order valence-electron chi connectivity index (χ3n) is 2.77. The van der Waals surface area contributed by atoms with Crippen molar-refractivity contribution in [3.05, 3.63) is 22.7 Å². The fourth-order valence-corrected chi connectivity index (χ4v) is 2.22. The quantitative estimate of drug-likeness (QED) is 0.813. The zero-order valence-electron chi connectivity index (χ0n) is 8.66. The molecule has 1 unspecified atom stereocenters. The average molecular weight is 242 g/mol. The normalized spacial score (nSPS) is 23.4. The van der Waals surface area contributed by atoms with Gasteiger partial charge in [0.2, 0.25) is 6.79 Å². The van der Waals surface area contributed by atoms with Gasteiger partial charge in [-0.1, -0.05) is 11.6 Å². The molecule has 1 fully saturated rings. The fourth-order valence-electron chi connectivity index (χ4n) is 1.94. The second-order valence-corrected chi connectivity index (χ2v) is 4.20. The van der Waals surface area contributed by atoms with E-state index in [4.69, 9.17) is 25.8 Å². The highest BCUT2D eigenvalue weighted by Gasteiger charge is 2.23. The molecule has 1 atom stereocenters. The zero-order chi connectivity index (χ0) is 11.0. The SMILES string of the molecule is Clc1cc2c(cc1C1CNCCO1)OCO2. The molecular weight excluding hydrogens is 230 g/mol. The molecule has 1 aromatic carbocycles. The highest BCUT2D eigenvalue weighted by atomic mass is 35.5. The molecule has 1 N–H and O–H groups in total. The Morgan fingerprint density at radius 2 is 2.06 bits per heavy atom. The molecule has 86 valence electrons. The largest absolute Gasteiger partial charge is 0.454 e. The lowest BCUT2D eigenvalue weighted by Crippen LogP contribution is -2.33. The van der Waals surface area contributed by atoms with Gasteiger partial charge in [0.1, 0.15) is 0 Å². The van der Waals surface area contributed by atoms with Gasteiger partial charge in [-0.25, -0.2) is 0 Å². The topological polar surface area (TPSA) is 39.7 Å². The smallest absolute Gasteiger partial charge is 0.231 e. The van der Waals surface area contributed by atoms with Crippen molar-refractivity contribution >= 4 is 11.6 Å². The van der Waals surface area contributed by atoms with Gasteiger partial charge in [0.15, 0.2) is 11.5 Å². The Morgan fingerprint density at radius 1 is 1.25 bits per heavy atom. The molecule has 5 heteroatoms. The van der Waals surface area contributed by atoms with Crippen molar-refractivity contribution < 1.29 is 14.2 Å². The summed E-state index contributed by atoms with van der Waals surface area (Å²) in [5, 5.41) is 3.94. The van der Waals surface area contributed by atoms with E-state index in [0.717, 1.165) is 24.4 Å². The predicted octanol–water partition coefficient (Wildman–Crippen LogP) is 1.73. The Kier molecular flexibility index (Phi) is 2.63. The number of nitrogens with one attached hydrogen (secondary N) is 1. The van der Waals surface area contributed by atoms with E-state index >= 15 is 0 Å². The summed E-state index contributed by atoms with van der Waals surface area (Å²) in [5.74, 6) is 1.45. The highest BCUT2D eigenvalue weighted by molar-refractivity contribution is 6.31. The number of ether oxygens (including phenoxy) is 3. The maximum absolute atomic E-state index is 6.20. The summed E-state index contributed by atoms with van der Waals surface area (Å²) in [7, 11) is 0. The first-order chi connectivity index (χ1) is 7.84. The molecule has 0 aromatic heterocycles. The van der Waals surface area contributed by atoms with Gasteiger partial charge in [-0.05, 0) is 6.07 Å². The van der Waals surface area contributed by atoms with E-state index in [1.54, 1.807) is 6.07 Å². The second-order valence-electron chi connectivity index (χ2n) is 3.79. The molecule has 1 aromatic rings. The van der Waals surface area contributed by atoms with Crippen LogP contribution in [0.4, 0.5) is 0 Å². The molecule has 3 rings (SSSR count). The van der Waals surface area contributed by atoms with Crippen LogP contribution in [-0.4, -0.2) is 26.5 Å². The molecule has 0 saturated carbocycles. The van der Waals surface area contributed by atoms with Crippen molar-refractivity contribution in [3.8, 4) is 11.5 Å². The molecule has 1 saturated heterocycles. The summed E-state index contributed by atoms with van der Waals surface area (Å²) in [6.07, 6.45) is -0.00394. The number of morpholine rings is 1. The fraction of sp³-hybridized carbons (Fsp3) is 0.455. The highest BCUT2D eigenvalue weighted by Crippen LogP contribution is 2.39. The van der Waals surface area contributed by atoms with E-state index in [0.29, 0.717) is 17.4 Å². The molecular formula is C11H12ClNO3. The molecule has 0 spiro atoms. The number of halogens is 1. The van der Waals surface area contributed by atoms with E-state index in [9.17, 15) is 0 Å².